The van der Waals surface area contributed by atoms with Gasteiger partial charge in [0, 0.05) is 24.5 Å². The number of likely N-dealkylation sites (N-methyl/N-ethyl adjacent to an activating group) is 1. The maximum atomic E-state index is 11.5. The van der Waals surface area contributed by atoms with Crippen molar-refractivity contribution in [3.05, 3.63) is 28.8 Å². The van der Waals surface area contributed by atoms with Gasteiger partial charge in [-0.05, 0) is 44.3 Å². The van der Waals surface area contributed by atoms with Gasteiger partial charge in [-0.3, -0.25) is 9.59 Å². The van der Waals surface area contributed by atoms with Gasteiger partial charge in [0.05, 0.1) is 6.42 Å². The molecule has 0 atom stereocenters. The molecule has 0 heterocycles. The zero-order chi connectivity index (χ0) is 17.2. The minimum Gasteiger partial charge on any atom is -0.492 e. The van der Waals surface area contributed by atoms with Crippen molar-refractivity contribution in [2.24, 2.45) is 0 Å². The number of carboxylic acids is 1. The summed E-state index contributed by atoms with van der Waals surface area (Å²) in [5.41, 5.74) is 0.912. The smallest absolute Gasteiger partial charge is 0.303 e. The molecule has 1 rings (SSSR count). The molecule has 6 nitrogen and oxygen atoms in total. The molecule has 0 aliphatic heterocycles. The van der Waals surface area contributed by atoms with E-state index >= 15 is 0 Å². The Bertz CT molecular complexity index is 535. The van der Waals surface area contributed by atoms with Crippen LogP contribution in [0.15, 0.2) is 18.2 Å². The number of carbonyl (C=O) groups is 2. The summed E-state index contributed by atoms with van der Waals surface area (Å²) in [6.45, 7) is 1.77. The van der Waals surface area contributed by atoms with Crippen LogP contribution < -0.4 is 10.1 Å². The van der Waals surface area contributed by atoms with Crippen molar-refractivity contribution < 1.29 is 19.4 Å². The van der Waals surface area contributed by atoms with Gasteiger partial charge in [-0.1, -0.05) is 11.6 Å². The third-order valence-corrected chi connectivity index (χ3v) is 3.34. The molecule has 1 aromatic carbocycles. The molecule has 0 bridgehead atoms. The predicted molar refractivity (Wildman–Crippen MR) is 89.1 cm³/mol. The number of nitrogens with one attached hydrogen (secondary N) is 1. The van der Waals surface area contributed by atoms with Crippen molar-refractivity contribution in [1.82, 2.24) is 10.2 Å². The highest BCUT2D eigenvalue weighted by Gasteiger charge is 2.08. The van der Waals surface area contributed by atoms with E-state index in [0.717, 1.165) is 17.9 Å². The number of benzene rings is 1. The van der Waals surface area contributed by atoms with Crippen LogP contribution in [0.2, 0.25) is 5.02 Å². The summed E-state index contributed by atoms with van der Waals surface area (Å²) in [6, 6.07) is 5.40. The lowest BCUT2D eigenvalue weighted by atomic mass is 10.1. The van der Waals surface area contributed by atoms with Crippen LogP contribution in [-0.2, 0) is 16.0 Å². The minimum absolute atomic E-state index is 0.0168. The molecular weight excluding hydrogens is 320 g/mol. The Hall–Kier alpha value is -1.79. The molecule has 7 heteroatoms. The molecule has 0 fully saturated rings. The lowest BCUT2D eigenvalue weighted by Crippen LogP contribution is -2.26. The summed E-state index contributed by atoms with van der Waals surface area (Å²) in [6.07, 6.45) is 0.385. The predicted octanol–water partition coefficient (Wildman–Crippen LogP) is 1.80. The van der Waals surface area contributed by atoms with Gasteiger partial charge in [0.1, 0.15) is 12.4 Å². The van der Waals surface area contributed by atoms with E-state index < -0.39 is 5.97 Å². The Balaban J connectivity index is 2.49. The van der Waals surface area contributed by atoms with E-state index in [-0.39, 0.29) is 18.7 Å². The van der Waals surface area contributed by atoms with Gasteiger partial charge < -0.3 is 20.1 Å². The van der Waals surface area contributed by atoms with Gasteiger partial charge in [0.2, 0.25) is 5.91 Å². The van der Waals surface area contributed by atoms with Crippen LogP contribution >= 0.6 is 11.6 Å². The van der Waals surface area contributed by atoms with Gasteiger partial charge in [-0.2, -0.15) is 0 Å². The Labute approximate surface area is 141 Å². The molecule has 0 spiro atoms. The molecule has 23 heavy (non-hydrogen) atoms. The molecule has 2 N–H and O–H groups in total. The average Bonchev–Trinajstić information content (AvgIpc) is 2.47. The van der Waals surface area contributed by atoms with Crippen LogP contribution in [0.1, 0.15) is 18.4 Å². The summed E-state index contributed by atoms with van der Waals surface area (Å²) in [5.74, 6) is -0.507. The zero-order valence-corrected chi connectivity index (χ0v) is 14.2. The van der Waals surface area contributed by atoms with E-state index in [4.69, 9.17) is 21.4 Å². The quantitative estimate of drug-likeness (QED) is 0.678. The fraction of sp³-hybridized carbons (Fsp3) is 0.500. The number of rotatable bonds is 10. The van der Waals surface area contributed by atoms with Crippen molar-refractivity contribution in [3.63, 3.8) is 0 Å². The van der Waals surface area contributed by atoms with E-state index in [1.165, 1.54) is 0 Å². The average molecular weight is 343 g/mol. The molecule has 1 amide bonds. The maximum absolute atomic E-state index is 11.5. The van der Waals surface area contributed by atoms with Gasteiger partial charge >= 0.3 is 5.97 Å². The molecule has 1 aromatic rings. The fourth-order valence-corrected chi connectivity index (χ4v) is 2.06. The Morgan fingerprint density at radius 1 is 1.30 bits per heavy atom. The summed E-state index contributed by atoms with van der Waals surface area (Å²) < 4.78 is 5.75. The second-order valence-corrected chi connectivity index (χ2v) is 5.83. The molecule has 128 valence electrons. The monoisotopic (exact) mass is 342 g/mol. The fourth-order valence-electron chi connectivity index (χ4n) is 1.87. The van der Waals surface area contributed by atoms with Gasteiger partial charge in [0.25, 0.3) is 0 Å². The van der Waals surface area contributed by atoms with Crippen molar-refractivity contribution in [2.75, 3.05) is 33.8 Å². The Morgan fingerprint density at radius 3 is 2.70 bits per heavy atom. The number of ether oxygens (including phenoxy) is 1. The number of aliphatic carboxylic acids is 1. The first kappa shape index (κ1) is 19.3. The van der Waals surface area contributed by atoms with E-state index in [0.29, 0.717) is 24.6 Å². The zero-order valence-electron chi connectivity index (χ0n) is 13.5. The van der Waals surface area contributed by atoms with Crippen LogP contribution in [0.3, 0.4) is 0 Å². The van der Waals surface area contributed by atoms with Crippen molar-refractivity contribution in [1.29, 1.82) is 0 Å². The molecule has 0 aliphatic rings. The first-order chi connectivity index (χ1) is 10.9. The van der Waals surface area contributed by atoms with E-state index in [1.54, 1.807) is 6.07 Å². The first-order valence-corrected chi connectivity index (χ1v) is 7.80. The third kappa shape index (κ3) is 8.42. The van der Waals surface area contributed by atoms with Gasteiger partial charge in [-0.15, -0.1) is 0 Å². The van der Waals surface area contributed by atoms with Crippen molar-refractivity contribution >= 4 is 23.5 Å². The molecule has 0 unspecified atom stereocenters. The lowest BCUT2D eigenvalue weighted by molar-refractivity contribution is -0.138. The van der Waals surface area contributed by atoms with Gasteiger partial charge in [-0.25, -0.2) is 0 Å². The molecule has 0 radical (unpaired) electrons. The third-order valence-electron chi connectivity index (χ3n) is 3.10. The normalized spacial score (nSPS) is 10.6. The number of nitrogens with zero attached hydrogens (tertiary/aromatic N) is 1. The summed E-state index contributed by atoms with van der Waals surface area (Å²) in [4.78, 5) is 23.9. The minimum atomic E-state index is -0.980. The SMILES string of the molecule is CN(C)CCOc1ccc(Cl)cc1CCNC(=O)CCC(=O)O. The van der Waals surface area contributed by atoms with Crippen molar-refractivity contribution in [2.45, 2.75) is 19.3 Å². The molecule has 0 saturated heterocycles. The standard InChI is InChI=1S/C16H23ClN2O4/c1-19(2)9-10-23-14-4-3-13(17)11-12(14)7-8-18-15(20)5-6-16(21)22/h3-4,11H,5-10H2,1-2H3,(H,18,20)(H,21,22). The van der Waals surface area contributed by atoms with E-state index in [2.05, 4.69) is 5.32 Å². The Morgan fingerprint density at radius 2 is 2.04 bits per heavy atom. The largest absolute Gasteiger partial charge is 0.492 e. The van der Waals surface area contributed by atoms with Crippen LogP contribution in [0.5, 0.6) is 5.75 Å². The Kier molecular flexibility index (Phi) is 8.43. The highest BCUT2D eigenvalue weighted by molar-refractivity contribution is 6.30. The number of halogens is 1. The van der Waals surface area contributed by atoms with E-state index in [9.17, 15) is 9.59 Å². The second-order valence-electron chi connectivity index (χ2n) is 5.40. The van der Waals surface area contributed by atoms with Crippen LogP contribution in [-0.4, -0.2) is 55.7 Å². The van der Waals surface area contributed by atoms with Gasteiger partial charge in [0.15, 0.2) is 0 Å². The number of carbonyl (C=O) groups excluding carboxylic acids is 1. The molecule has 0 aliphatic carbocycles. The number of hydrogen-bond acceptors (Lipinski definition) is 4. The second kappa shape index (κ2) is 10.1. The topological polar surface area (TPSA) is 78.9 Å². The summed E-state index contributed by atoms with van der Waals surface area (Å²) in [7, 11) is 3.94. The number of hydrogen-bond donors (Lipinski definition) is 2. The van der Waals surface area contributed by atoms with Crippen molar-refractivity contribution in [3.8, 4) is 5.75 Å². The summed E-state index contributed by atoms with van der Waals surface area (Å²) in [5, 5.41) is 11.8. The highest BCUT2D eigenvalue weighted by atomic mass is 35.5. The highest BCUT2D eigenvalue weighted by Crippen LogP contribution is 2.23. The maximum Gasteiger partial charge on any atom is 0.303 e. The number of carboxylic acid groups (broad SMARTS) is 1. The lowest BCUT2D eigenvalue weighted by Gasteiger charge is -2.14. The van der Waals surface area contributed by atoms with Crippen LogP contribution in [0.4, 0.5) is 0 Å². The molecule has 0 saturated carbocycles. The van der Waals surface area contributed by atoms with E-state index in [1.807, 2.05) is 31.1 Å². The summed E-state index contributed by atoms with van der Waals surface area (Å²) >= 11 is 6.01. The first-order valence-electron chi connectivity index (χ1n) is 7.43. The molecule has 0 aromatic heterocycles. The van der Waals surface area contributed by atoms with Crippen LogP contribution in [0.25, 0.3) is 0 Å². The van der Waals surface area contributed by atoms with Crippen LogP contribution in [0, 0.1) is 0 Å². The number of amides is 1. The molecular formula is C16H23ClN2O4.